The van der Waals surface area contributed by atoms with Crippen molar-refractivity contribution in [2.45, 2.75) is 45.2 Å². The van der Waals surface area contributed by atoms with Gasteiger partial charge in [-0.25, -0.2) is 0 Å². The molecule has 2 aromatic heterocycles. The van der Waals surface area contributed by atoms with Crippen molar-refractivity contribution in [3.63, 3.8) is 0 Å². The molecule has 0 spiro atoms. The standard InChI is InChI=1S/C15H19ClN4O2/c1-10(20-8-11(16)7-17-20)15(21)19(2)9-13-12-5-3-4-6-14(12)22-18-13/h7-8,10H,3-6,9H2,1-2H3/t10-/m1/s1. The molecule has 2 heterocycles. The number of amides is 1. The number of halogens is 1. The summed E-state index contributed by atoms with van der Waals surface area (Å²) in [6.45, 7) is 2.26. The first kappa shape index (κ1) is 15.1. The number of rotatable bonds is 4. The van der Waals surface area contributed by atoms with Crippen molar-refractivity contribution in [1.29, 1.82) is 0 Å². The molecule has 0 saturated heterocycles. The van der Waals surface area contributed by atoms with Crippen LogP contribution in [0.2, 0.25) is 5.02 Å². The molecule has 0 fully saturated rings. The van der Waals surface area contributed by atoms with Gasteiger partial charge in [-0.2, -0.15) is 5.10 Å². The maximum Gasteiger partial charge on any atom is 0.247 e. The normalized spacial score (nSPS) is 15.4. The van der Waals surface area contributed by atoms with Gasteiger partial charge in [-0.05, 0) is 26.2 Å². The first-order chi connectivity index (χ1) is 10.6. The number of likely N-dealkylation sites (N-methyl/N-ethyl adjacent to an activating group) is 1. The van der Waals surface area contributed by atoms with E-state index in [1.165, 1.54) is 11.8 Å². The molecule has 1 aliphatic carbocycles. The van der Waals surface area contributed by atoms with Crippen LogP contribution in [0.4, 0.5) is 0 Å². The highest BCUT2D eigenvalue weighted by atomic mass is 35.5. The minimum absolute atomic E-state index is 0.0349. The van der Waals surface area contributed by atoms with Gasteiger partial charge in [-0.3, -0.25) is 9.48 Å². The van der Waals surface area contributed by atoms with Crippen LogP contribution in [-0.2, 0) is 24.2 Å². The Morgan fingerprint density at radius 2 is 2.27 bits per heavy atom. The predicted molar refractivity (Wildman–Crippen MR) is 81.6 cm³/mol. The quantitative estimate of drug-likeness (QED) is 0.868. The largest absolute Gasteiger partial charge is 0.361 e. The van der Waals surface area contributed by atoms with Crippen molar-refractivity contribution in [3.05, 3.63) is 34.4 Å². The van der Waals surface area contributed by atoms with Gasteiger partial charge in [0.1, 0.15) is 17.5 Å². The molecule has 1 aliphatic rings. The van der Waals surface area contributed by atoms with Crippen LogP contribution in [0.1, 0.15) is 42.8 Å². The molecule has 0 radical (unpaired) electrons. The van der Waals surface area contributed by atoms with E-state index < -0.39 is 6.04 Å². The molecule has 3 rings (SSSR count). The van der Waals surface area contributed by atoms with Gasteiger partial charge in [-0.1, -0.05) is 16.8 Å². The second-order valence-electron chi connectivity index (χ2n) is 5.75. The van der Waals surface area contributed by atoms with Gasteiger partial charge in [0.2, 0.25) is 5.91 Å². The minimum atomic E-state index is -0.403. The number of aryl methyl sites for hydroxylation is 1. The number of nitrogens with zero attached hydrogens (tertiary/aromatic N) is 4. The molecule has 1 amide bonds. The topological polar surface area (TPSA) is 64.2 Å². The molecule has 7 heteroatoms. The van der Waals surface area contributed by atoms with Gasteiger partial charge >= 0.3 is 0 Å². The van der Waals surface area contributed by atoms with Crippen LogP contribution in [-0.4, -0.2) is 32.8 Å². The van der Waals surface area contributed by atoms with Gasteiger partial charge in [-0.15, -0.1) is 0 Å². The molecule has 22 heavy (non-hydrogen) atoms. The van der Waals surface area contributed by atoms with Crippen molar-refractivity contribution in [1.82, 2.24) is 19.8 Å². The lowest BCUT2D eigenvalue weighted by Gasteiger charge is -2.21. The van der Waals surface area contributed by atoms with E-state index in [4.69, 9.17) is 16.1 Å². The molecule has 118 valence electrons. The lowest BCUT2D eigenvalue weighted by Crippen LogP contribution is -2.33. The Hall–Kier alpha value is -1.82. The summed E-state index contributed by atoms with van der Waals surface area (Å²) < 4.78 is 6.96. The van der Waals surface area contributed by atoms with Crippen molar-refractivity contribution < 1.29 is 9.32 Å². The maximum atomic E-state index is 12.5. The Bertz CT molecular complexity index is 679. The fourth-order valence-electron chi connectivity index (χ4n) is 2.83. The van der Waals surface area contributed by atoms with E-state index in [2.05, 4.69) is 10.3 Å². The fourth-order valence-corrected chi connectivity index (χ4v) is 2.98. The first-order valence-corrected chi connectivity index (χ1v) is 7.85. The summed E-state index contributed by atoms with van der Waals surface area (Å²) in [5, 5.41) is 8.75. The smallest absolute Gasteiger partial charge is 0.247 e. The Kier molecular flexibility index (Phi) is 4.20. The zero-order chi connectivity index (χ0) is 15.7. The highest BCUT2D eigenvalue weighted by Gasteiger charge is 2.24. The van der Waals surface area contributed by atoms with Gasteiger partial charge in [0, 0.05) is 25.2 Å². The summed E-state index contributed by atoms with van der Waals surface area (Å²) in [6, 6.07) is -0.403. The minimum Gasteiger partial charge on any atom is -0.361 e. The summed E-state index contributed by atoms with van der Waals surface area (Å²) >= 11 is 5.85. The van der Waals surface area contributed by atoms with Crippen LogP contribution in [0, 0.1) is 0 Å². The zero-order valence-electron chi connectivity index (χ0n) is 12.8. The molecular weight excluding hydrogens is 304 g/mol. The summed E-state index contributed by atoms with van der Waals surface area (Å²) in [5.74, 6) is 0.946. The van der Waals surface area contributed by atoms with Crippen LogP contribution >= 0.6 is 11.6 Å². The number of carbonyl (C=O) groups is 1. The molecular formula is C15H19ClN4O2. The summed E-state index contributed by atoms with van der Waals surface area (Å²) in [4.78, 5) is 14.2. The monoisotopic (exact) mass is 322 g/mol. The van der Waals surface area contributed by atoms with E-state index >= 15 is 0 Å². The van der Waals surface area contributed by atoms with Crippen LogP contribution < -0.4 is 0 Å². The molecule has 0 saturated carbocycles. The van der Waals surface area contributed by atoms with Crippen LogP contribution in [0.3, 0.4) is 0 Å². The SMILES string of the molecule is C[C@H](C(=O)N(C)Cc1noc2c1CCCC2)n1cc(Cl)cn1. The lowest BCUT2D eigenvalue weighted by molar-refractivity contribution is -0.133. The van der Waals surface area contributed by atoms with Crippen molar-refractivity contribution >= 4 is 17.5 Å². The van der Waals surface area contributed by atoms with E-state index in [-0.39, 0.29) is 5.91 Å². The molecule has 0 bridgehead atoms. The molecule has 0 aliphatic heterocycles. The van der Waals surface area contributed by atoms with Crippen LogP contribution in [0.5, 0.6) is 0 Å². The van der Waals surface area contributed by atoms with Crippen LogP contribution in [0.15, 0.2) is 16.9 Å². The Morgan fingerprint density at radius 3 is 3.00 bits per heavy atom. The van der Waals surface area contributed by atoms with Gasteiger partial charge in [0.25, 0.3) is 0 Å². The van der Waals surface area contributed by atoms with E-state index in [1.807, 2.05) is 0 Å². The number of fused-ring (bicyclic) bond motifs is 1. The molecule has 0 aromatic carbocycles. The number of carbonyl (C=O) groups excluding carboxylic acids is 1. The van der Waals surface area contributed by atoms with Gasteiger partial charge in [0.05, 0.1) is 17.8 Å². The van der Waals surface area contributed by atoms with Gasteiger partial charge in [0.15, 0.2) is 0 Å². The predicted octanol–water partition coefficient (Wildman–Crippen LogP) is 2.62. The van der Waals surface area contributed by atoms with Crippen molar-refractivity contribution in [2.75, 3.05) is 7.05 Å². The van der Waals surface area contributed by atoms with Crippen molar-refractivity contribution in [2.24, 2.45) is 0 Å². The Morgan fingerprint density at radius 1 is 1.50 bits per heavy atom. The highest BCUT2D eigenvalue weighted by Crippen LogP contribution is 2.25. The van der Waals surface area contributed by atoms with E-state index in [0.717, 1.165) is 37.1 Å². The van der Waals surface area contributed by atoms with Crippen LogP contribution in [0.25, 0.3) is 0 Å². The Labute approximate surface area is 134 Å². The molecule has 0 N–H and O–H groups in total. The maximum absolute atomic E-state index is 12.5. The number of hydrogen-bond acceptors (Lipinski definition) is 4. The average molecular weight is 323 g/mol. The zero-order valence-corrected chi connectivity index (χ0v) is 13.5. The molecule has 1 atom stereocenters. The molecule has 0 unspecified atom stereocenters. The Balaban J connectivity index is 1.70. The average Bonchev–Trinajstić information content (AvgIpc) is 3.13. The summed E-state index contributed by atoms with van der Waals surface area (Å²) in [5.41, 5.74) is 2.05. The molecule has 2 aromatic rings. The lowest BCUT2D eigenvalue weighted by atomic mass is 9.96. The highest BCUT2D eigenvalue weighted by molar-refractivity contribution is 6.30. The molecule has 6 nitrogen and oxygen atoms in total. The summed E-state index contributed by atoms with van der Waals surface area (Å²) in [6.07, 6.45) is 7.41. The third kappa shape index (κ3) is 2.88. The number of aromatic nitrogens is 3. The van der Waals surface area contributed by atoms with E-state index in [9.17, 15) is 4.79 Å². The van der Waals surface area contributed by atoms with Crippen molar-refractivity contribution in [3.8, 4) is 0 Å². The third-order valence-electron chi connectivity index (χ3n) is 4.12. The second kappa shape index (κ2) is 6.12. The van der Waals surface area contributed by atoms with E-state index in [1.54, 1.807) is 29.7 Å². The fraction of sp³-hybridized carbons (Fsp3) is 0.533. The summed E-state index contributed by atoms with van der Waals surface area (Å²) in [7, 11) is 1.77. The first-order valence-electron chi connectivity index (χ1n) is 7.47. The van der Waals surface area contributed by atoms with Gasteiger partial charge < -0.3 is 9.42 Å². The second-order valence-corrected chi connectivity index (χ2v) is 6.18. The number of hydrogen-bond donors (Lipinski definition) is 0. The van der Waals surface area contributed by atoms with E-state index in [0.29, 0.717) is 11.6 Å². The third-order valence-corrected chi connectivity index (χ3v) is 4.31.